The predicted molar refractivity (Wildman–Crippen MR) is 94.6 cm³/mol. The molecule has 1 aromatic carbocycles. The molecular formula is C19H24F2N2O4. The molecule has 1 saturated heterocycles. The Labute approximate surface area is 156 Å². The quantitative estimate of drug-likeness (QED) is 0.766. The van der Waals surface area contributed by atoms with Crippen LogP contribution in [0.25, 0.3) is 0 Å². The van der Waals surface area contributed by atoms with Crippen molar-refractivity contribution in [2.24, 2.45) is 5.92 Å². The molecule has 148 valence electrons. The molecule has 3 atom stereocenters. The van der Waals surface area contributed by atoms with Crippen molar-refractivity contribution in [1.29, 1.82) is 0 Å². The van der Waals surface area contributed by atoms with Crippen LogP contribution in [-0.4, -0.2) is 49.1 Å². The van der Waals surface area contributed by atoms with Crippen LogP contribution in [0.5, 0.6) is 5.75 Å². The smallest absolute Gasteiger partial charge is 0.387 e. The van der Waals surface area contributed by atoms with E-state index in [0.29, 0.717) is 12.3 Å². The van der Waals surface area contributed by atoms with Crippen molar-refractivity contribution in [3.8, 4) is 5.75 Å². The zero-order valence-electron chi connectivity index (χ0n) is 15.2. The highest BCUT2D eigenvalue weighted by Gasteiger charge is 2.46. The average molecular weight is 382 g/mol. The SMILES string of the molecule is COC(=O)[C@@H]1C[C@@H]2CCCC[C@@H]2N1CC(=O)Nc1ccccc1OC(F)F. The van der Waals surface area contributed by atoms with Gasteiger partial charge in [-0.2, -0.15) is 8.78 Å². The Morgan fingerprint density at radius 1 is 1.26 bits per heavy atom. The van der Waals surface area contributed by atoms with Crippen LogP contribution < -0.4 is 10.1 Å². The summed E-state index contributed by atoms with van der Waals surface area (Å²) in [5.74, 6) is -0.425. The van der Waals surface area contributed by atoms with Gasteiger partial charge in [0.05, 0.1) is 19.3 Å². The van der Waals surface area contributed by atoms with Crippen LogP contribution in [0.2, 0.25) is 0 Å². The highest BCUT2D eigenvalue weighted by molar-refractivity contribution is 5.94. The summed E-state index contributed by atoms with van der Waals surface area (Å²) in [5, 5.41) is 2.62. The molecule has 0 spiro atoms. The lowest BCUT2D eigenvalue weighted by Gasteiger charge is -2.32. The molecule has 1 N–H and O–H groups in total. The Morgan fingerprint density at radius 3 is 2.74 bits per heavy atom. The predicted octanol–water partition coefficient (Wildman–Crippen LogP) is 3.03. The number of likely N-dealkylation sites (tertiary alicyclic amines) is 1. The number of esters is 1. The summed E-state index contributed by atoms with van der Waals surface area (Å²) < 4.78 is 34.4. The fourth-order valence-corrected chi connectivity index (χ4v) is 4.27. The van der Waals surface area contributed by atoms with Crippen molar-refractivity contribution in [2.45, 2.75) is 50.8 Å². The number of nitrogens with zero attached hydrogens (tertiary/aromatic N) is 1. The molecule has 3 rings (SSSR count). The molecule has 27 heavy (non-hydrogen) atoms. The average Bonchev–Trinajstić information content (AvgIpc) is 3.01. The molecule has 0 radical (unpaired) electrons. The van der Waals surface area contributed by atoms with Gasteiger partial charge in [-0.25, -0.2) is 0 Å². The maximum Gasteiger partial charge on any atom is 0.387 e. The Kier molecular flexibility index (Phi) is 6.26. The minimum Gasteiger partial charge on any atom is -0.468 e. The topological polar surface area (TPSA) is 67.9 Å². The van der Waals surface area contributed by atoms with Crippen molar-refractivity contribution >= 4 is 17.6 Å². The van der Waals surface area contributed by atoms with Gasteiger partial charge in [0.2, 0.25) is 5.91 Å². The summed E-state index contributed by atoms with van der Waals surface area (Å²) in [7, 11) is 1.35. The van der Waals surface area contributed by atoms with Gasteiger partial charge in [0, 0.05) is 6.04 Å². The van der Waals surface area contributed by atoms with E-state index in [2.05, 4.69) is 10.1 Å². The molecular weight excluding hydrogens is 358 g/mol. The second kappa shape index (κ2) is 8.65. The van der Waals surface area contributed by atoms with Gasteiger partial charge in [-0.1, -0.05) is 25.0 Å². The number of methoxy groups -OCH3 is 1. The summed E-state index contributed by atoms with van der Waals surface area (Å²) in [6, 6.07) is 5.77. The normalized spacial score (nSPS) is 25.1. The number of hydrogen-bond acceptors (Lipinski definition) is 5. The minimum atomic E-state index is -2.98. The van der Waals surface area contributed by atoms with Crippen LogP contribution in [0.1, 0.15) is 32.1 Å². The highest BCUT2D eigenvalue weighted by Crippen LogP contribution is 2.40. The minimum absolute atomic E-state index is 0.00391. The number of halogens is 2. The van der Waals surface area contributed by atoms with Crippen LogP contribution >= 0.6 is 0 Å². The number of alkyl halides is 2. The number of carbonyl (C=O) groups is 2. The van der Waals surface area contributed by atoms with Gasteiger partial charge < -0.3 is 14.8 Å². The van der Waals surface area contributed by atoms with Crippen LogP contribution in [0.3, 0.4) is 0 Å². The van der Waals surface area contributed by atoms with Crippen molar-refractivity contribution in [3.05, 3.63) is 24.3 Å². The largest absolute Gasteiger partial charge is 0.468 e. The summed E-state index contributed by atoms with van der Waals surface area (Å²) in [4.78, 5) is 26.7. The van der Waals surface area contributed by atoms with E-state index in [1.165, 1.54) is 19.2 Å². The number of rotatable bonds is 6. The molecule has 1 aliphatic heterocycles. The third-order valence-electron chi connectivity index (χ3n) is 5.40. The van der Waals surface area contributed by atoms with E-state index in [1.807, 2.05) is 4.90 Å². The zero-order chi connectivity index (χ0) is 19.4. The highest BCUT2D eigenvalue weighted by atomic mass is 19.3. The van der Waals surface area contributed by atoms with Gasteiger partial charge in [-0.15, -0.1) is 0 Å². The number of amides is 1. The van der Waals surface area contributed by atoms with Gasteiger partial charge in [-0.05, 0) is 37.3 Å². The van der Waals surface area contributed by atoms with Crippen LogP contribution in [0.15, 0.2) is 24.3 Å². The van der Waals surface area contributed by atoms with Crippen molar-refractivity contribution in [1.82, 2.24) is 4.90 Å². The van der Waals surface area contributed by atoms with Crippen molar-refractivity contribution in [3.63, 3.8) is 0 Å². The Morgan fingerprint density at radius 2 is 2.00 bits per heavy atom. The first kappa shape index (κ1) is 19.5. The number of anilines is 1. The fraction of sp³-hybridized carbons (Fsp3) is 0.579. The number of carbonyl (C=O) groups excluding carboxylic acids is 2. The van der Waals surface area contributed by atoms with Crippen molar-refractivity contribution in [2.75, 3.05) is 19.0 Å². The van der Waals surface area contributed by atoms with E-state index in [1.54, 1.807) is 12.1 Å². The maximum atomic E-state index is 12.6. The Balaban J connectivity index is 1.71. The first-order valence-corrected chi connectivity index (χ1v) is 9.17. The molecule has 1 heterocycles. The van der Waals surface area contributed by atoms with Gasteiger partial charge in [-0.3, -0.25) is 14.5 Å². The molecule has 1 saturated carbocycles. The molecule has 0 unspecified atom stereocenters. The lowest BCUT2D eigenvalue weighted by atomic mass is 9.85. The van der Waals surface area contributed by atoms with E-state index in [4.69, 9.17) is 4.74 Å². The second-order valence-corrected chi connectivity index (χ2v) is 6.98. The maximum absolute atomic E-state index is 12.6. The van der Waals surface area contributed by atoms with Gasteiger partial charge in [0.1, 0.15) is 11.8 Å². The molecule has 2 fully saturated rings. The van der Waals surface area contributed by atoms with Gasteiger partial charge in [0.25, 0.3) is 0 Å². The first-order chi connectivity index (χ1) is 13.0. The van der Waals surface area contributed by atoms with E-state index in [9.17, 15) is 18.4 Å². The lowest BCUT2D eigenvalue weighted by molar-refractivity contribution is -0.146. The van der Waals surface area contributed by atoms with E-state index >= 15 is 0 Å². The summed E-state index contributed by atoms with van der Waals surface area (Å²) in [5.41, 5.74) is 0.178. The summed E-state index contributed by atoms with van der Waals surface area (Å²) in [6.07, 6.45) is 4.87. The van der Waals surface area contributed by atoms with Crippen LogP contribution in [0.4, 0.5) is 14.5 Å². The monoisotopic (exact) mass is 382 g/mol. The molecule has 8 heteroatoms. The number of para-hydroxylation sites is 2. The van der Waals surface area contributed by atoms with Gasteiger partial charge >= 0.3 is 12.6 Å². The molecule has 1 aromatic rings. The summed E-state index contributed by atoms with van der Waals surface area (Å²) in [6.45, 7) is -2.97. The number of ether oxygens (including phenoxy) is 2. The number of hydrogen-bond donors (Lipinski definition) is 1. The summed E-state index contributed by atoms with van der Waals surface area (Å²) >= 11 is 0. The van der Waals surface area contributed by atoms with Gasteiger partial charge in [0.15, 0.2) is 0 Å². The first-order valence-electron chi connectivity index (χ1n) is 9.17. The molecule has 1 amide bonds. The third-order valence-corrected chi connectivity index (χ3v) is 5.40. The number of fused-ring (bicyclic) bond motifs is 1. The molecule has 2 aliphatic rings. The second-order valence-electron chi connectivity index (χ2n) is 6.98. The molecule has 0 bridgehead atoms. The fourth-order valence-electron chi connectivity index (χ4n) is 4.27. The third kappa shape index (κ3) is 4.55. The molecule has 0 aromatic heterocycles. The van der Waals surface area contributed by atoms with Crippen LogP contribution in [-0.2, 0) is 14.3 Å². The van der Waals surface area contributed by atoms with E-state index < -0.39 is 12.7 Å². The Hall–Kier alpha value is -2.22. The molecule has 1 aliphatic carbocycles. The van der Waals surface area contributed by atoms with E-state index in [0.717, 1.165) is 25.7 Å². The van der Waals surface area contributed by atoms with E-state index in [-0.39, 0.29) is 35.9 Å². The number of nitrogens with one attached hydrogen (secondary N) is 1. The standard InChI is InChI=1S/C19H24F2N2O4/c1-26-18(25)15-10-12-6-2-4-8-14(12)23(15)11-17(24)22-13-7-3-5-9-16(13)27-19(20)21/h3,5,7,9,12,14-15,19H,2,4,6,8,10-11H2,1H3,(H,22,24)/t12-,14-,15-/m0/s1. The Bertz CT molecular complexity index is 685. The lowest BCUT2D eigenvalue weighted by Crippen LogP contribution is -2.46. The zero-order valence-corrected chi connectivity index (χ0v) is 15.2. The van der Waals surface area contributed by atoms with Crippen LogP contribution in [0, 0.1) is 5.92 Å². The van der Waals surface area contributed by atoms with Crippen molar-refractivity contribution < 1.29 is 27.8 Å². The number of benzene rings is 1. The molecule has 6 nitrogen and oxygen atoms in total.